The van der Waals surface area contributed by atoms with E-state index in [2.05, 4.69) is 9.72 Å². The Bertz CT molecular complexity index is 349. The average Bonchev–Trinajstić information content (AvgIpc) is 2.03. The number of aromatic nitrogens is 1. The summed E-state index contributed by atoms with van der Waals surface area (Å²) >= 11 is 0. The van der Waals surface area contributed by atoms with E-state index in [0.717, 1.165) is 0 Å². The Labute approximate surface area is 74.5 Å². The fourth-order valence-corrected chi connectivity index (χ4v) is 0.783. The summed E-state index contributed by atoms with van der Waals surface area (Å²) in [4.78, 5) is 25.0. The number of pyridine rings is 1. The van der Waals surface area contributed by atoms with E-state index in [9.17, 15) is 9.59 Å². The molecule has 0 radical (unpaired) electrons. The Morgan fingerprint density at radius 2 is 2.23 bits per heavy atom. The topological polar surface area (TPSA) is 82.3 Å². The summed E-state index contributed by atoms with van der Waals surface area (Å²) in [6, 6.07) is 2.80. The third kappa shape index (κ3) is 2.55. The zero-order valence-electron chi connectivity index (χ0n) is 6.98. The van der Waals surface area contributed by atoms with Gasteiger partial charge in [0.25, 0.3) is 0 Å². The van der Waals surface area contributed by atoms with Gasteiger partial charge in [-0.25, -0.2) is 4.79 Å². The van der Waals surface area contributed by atoms with Crippen LogP contribution in [-0.2, 0) is 0 Å². The fraction of sp³-hybridized carbons (Fsp3) is 0.125. The normalized spacial score (nSPS) is 9.31. The van der Waals surface area contributed by atoms with Gasteiger partial charge in [-0.3, -0.25) is 9.78 Å². The predicted molar refractivity (Wildman–Crippen MR) is 44.5 cm³/mol. The van der Waals surface area contributed by atoms with E-state index in [4.69, 9.17) is 5.73 Å². The second kappa shape index (κ2) is 3.66. The summed E-state index contributed by atoms with van der Waals surface area (Å²) in [6.45, 7) is 1.37. The third-order valence-corrected chi connectivity index (χ3v) is 1.31. The molecule has 0 bridgehead atoms. The van der Waals surface area contributed by atoms with Crippen LogP contribution >= 0.6 is 0 Å². The lowest BCUT2D eigenvalue weighted by Crippen LogP contribution is -2.16. The lowest BCUT2D eigenvalue weighted by Gasteiger charge is -2.00. The number of rotatable bonds is 2. The van der Waals surface area contributed by atoms with Crippen LogP contribution in [0.1, 0.15) is 17.4 Å². The number of ether oxygens (including phenoxy) is 1. The molecule has 1 heterocycles. The maximum absolute atomic E-state index is 10.8. The van der Waals surface area contributed by atoms with E-state index in [1.807, 2.05) is 0 Å². The maximum Gasteiger partial charge on any atom is 0.409 e. The molecule has 5 heteroatoms. The van der Waals surface area contributed by atoms with Crippen molar-refractivity contribution in [3.63, 3.8) is 0 Å². The molecule has 0 atom stereocenters. The molecule has 0 aliphatic heterocycles. The van der Waals surface area contributed by atoms with Gasteiger partial charge in [0.1, 0.15) is 11.4 Å². The van der Waals surface area contributed by atoms with Crippen LogP contribution in [0.5, 0.6) is 5.75 Å². The Balaban J connectivity index is 2.91. The van der Waals surface area contributed by atoms with E-state index in [1.165, 1.54) is 25.3 Å². The first-order valence-electron chi connectivity index (χ1n) is 3.54. The first kappa shape index (κ1) is 9.18. The summed E-state index contributed by atoms with van der Waals surface area (Å²) in [5, 5.41) is 0. The largest absolute Gasteiger partial charge is 0.410 e. The van der Waals surface area contributed by atoms with Crippen molar-refractivity contribution in [1.82, 2.24) is 4.98 Å². The van der Waals surface area contributed by atoms with E-state index < -0.39 is 6.09 Å². The minimum Gasteiger partial charge on any atom is -0.410 e. The second-order valence-electron chi connectivity index (χ2n) is 2.35. The number of primary amides is 1. The van der Waals surface area contributed by atoms with Crippen LogP contribution in [0.25, 0.3) is 0 Å². The highest BCUT2D eigenvalue weighted by atomic mass is 16.5. The number of hydrogen-bond donors (Lipinski definition) is 1. The minimum absolute atomic E-state index is 0.199. The molecule has 0 aromatic carbocycles. The molecule has 13 heavy (non-hydrogen) atoms. The van der Waals surface area contributed by atoms with Crippen LogP contribution in [0.2, 0.25) is 0 Å². The van der Waals surface area contributed by atoms with Gasteiger partial charge in [-0.2, -0.15) is 0 Å². The van der Waals surface area contributed by atoms with Gasteiger partial charge in [0, 0.05) is 19.2 Å². The molecule has 2 N–H and O–H groups in total. The van der Waals surface area contributed by atoms with Gasteiger partial charge in [-0.15, -0.1) is 0 Å². The van der Waals surface area contributed by atoms with Crippen molar-refractivity contribution in [2.75, 3.05) is 0 Å². The quantitative estimate of drug-likeness (QED) is 0.680. The van der Waals surface area contributed by atoms with Gasteiger partial charge in [0.05, 0.1) is 0 Å². The molecule has 0 saturated carbocycles. The Morgan fingerprint density at radius 3 is 2.77 bits per heavy atom. The highest BCUT2D eigenvalue weighted by Gasteiger charge is 2.04. The lowest BCUT2D eigenvalue weighted by molar-refractivity contribution is 0.101. The van der Waals surface area contributed by atoms with E-state index >= 15 is 0 Å². The number of amides is 1. The smallest absolute Gasteiger partial charge is 0.409 e. The van der Waals surface area contributed by atoms with Crippen LogP contribution in [-0.4, -0.2) is 16.9 Å². The van der Waals surface area contributed by atoms with Crippen LogP contribution in [0.3, 0.4) is 0 Å². The van der Waals surface area contributed by atoms with Crippen LogP contribution in [0.4, 0.5) is 4.79 Å². The van der Waals surface area contributed by atoms with E-state index in [1.54, 1.807) is 0 Å². The number of carbonyl (C=O) groups excluding carboxylic acids is 2. The molecule has 0 unspecified atom stereocenters. The Hall–Kier alpha value is -1.91. The van der Waals surface area contributed by atoms with Gasteiger partial charge in [-0.1, -0.05) is 0 Å². The highest BCUT2D eigenvalue weighted by Crippen LogP contribution is 2.10. The summed E-state index contributed by atoms with van der Waals surface area (Å²) in [7, 11) is 0. The van der Waals surface area contributed by atoms with Gasteiger partial charge in [0.2, 0.25) is 0 Å². The number of nitrogens with two attached hydrogens (primary N) is 1. The maximum atomic E-state index is 10.8. The van der Waals surface area contributed by atoms with Gasteiger partial charge in [0.15, 0.2) is 5.78 Å². The van der Waals surface area contributed by atoms with Crippen molar-refractivity contribution in [2.24, 2.45) is 5.73 Å². The number of hydrogen-bond acceptors (Lipinski definition) is 4. The molecule has 1 rings (SSSR count). The molecule has 1 aromatic rings. The molecular formula is C8H8N2O3. The zero-order valence-corrected chi connectivity index (χ0v) is 6.98. The number of carbonyl (C=O) groups is 2. The van der Waals surface area contributed by atoms with Crippen molar-refractivity contribution < 1.29 is 14.3 Å². The number of nitrogens with zero attached hydrogens (tertiary/aromatic N) is 1. The van der Waals surface area contributed by atoms with Gasteiger partial charge >= 0.3 is 6.09 Å². The van der Waals surface area contributed by atoms with Crippen LogP contribution in [0, 0.1) is 0 Å². The van der Waals surface area contributed by atoms with Crippen LogP contribution in [0.15, 0.2) is 18.3 Å². The summed E-state index contributed by atoms with van der Waals surface area (Å²) in [5.41, 5.74) is 5.02. The molecule has 0 spiro atoms. The first-order valence-corrected chi connectivity index (χ1v) is 3.54. The fourth-order valence-electron chi connectivity index (χ4n) is 0.783. The standard InChI is InChI=1S/C8H8N2O3/c1-5(11)7-4-6(2-3-10-7)13-8(9)12/h2-4H,1H3,(H2,9,12). The van der Waals surface area contributed by atoms with Gasteiger partial charge < -0.3 is 10.5 Å². The third-order valence-electron chi connectivity index (χ3n) is 1.31. The van der Waals surface area contributed by atoms with Crippen molar-refractivity contribution in [3.8, 4) is 5.75 Å². The van der Waals surface area contributed by atoms with Crippen molar-refractivity contribution in [1.29, 1.82) is 0 Å². The molecule has 68 valence electrons. The average molecular weight is 180 g/mol. The van der Waals surface area contributed by atoms with Crippen LogP contribution < -0.4 is 10.5 Å². The van der Waals surface area contributed by atoms with Crippen molar-refractivity contribution in [3.05, 3.63) is 24.0 Å². The first-order chi connectivity index (χ1) is 6.09. The molecule has 1 aromatic heterocycles. The highest BCUT2D eigenvalue weighted by molar-refractivity contribution is 5.92. The summed E-state index contributed by atoms with van der Waals surface area (Å²) in [6.07, 6.45) is 0.454. The predicted octanol–water partition coefficient (Wildman–Crippen LogP) is 0.742. The van der Waals surface area contributed by atoms with E-state index in [0.29, 0.717) is 0 Å². The number of ketones is 1. The molecule has 0 saturated heterocycles. The van der Waals surface area contributed by atoms with E-state index in [-0.39, 0.29) is 17.2 Å². The van der Waals surface area contributed by atoms with Crippen molar-refractivity contribution in [2.45, 2.75) is 6.92 Å². The molecule has 1 amide bonds. The number of Topliss-reactive ketones (excluding diaryl/α,β-unsaturated/α-hetero) is 1. The summed E-state index contributed by atoms with van der Waals surface area (Å²) < 4.78 is 4.55. The molecule has 0 fully saturated rings. The lowest BCUT2D eigenvalue weighted by atomic mass is 10.3. The Morgan fingerprint density at radius 1 is 1.54 bits per heavy atom. The monoisotopic (exact) mass is 180 g/mol. The summed E-state index contributed by atoms with van der Waals surface area (Å²) in [5.74, 6) is 0.0163. The molecular weight excluding hydrogens is 172 g/mol. The SMILES string of the molecule is CC(=O)c1cc(OC(N)=O)ccn1. The minimum atomic E-state index is -0.916. The van der Waals surface area contributed by atoms with Gasteiger partial charge in [-0.05, 0) is 6.07 Å². The molecule has 0 aliphatic rings. The molecule has 0 aliphatic carbocycles. The Kier molecular flexibility index (Phi) is 2.59. The second-order valence-corrected chi connectivity index (χ2v) is 2.35. The van der Waals surface area contributed by atoms with Crippen molar-refractivity contribution >= 4 is 11.9 Å². The molecule has 5 nitrogen and oxygen atoms in total. The zero-order chi connectivity index (χ0) is 9.84.